The zero-order valence-electron chi connectivity index (χ0n) is 14.2. The van der Waals surface area contributed by atoms with Crippen molar-refractivity contribution in [2.24, 2.45) is 5.73 Å². The van der Waals surface area contributed by atoms with E-state index < -0.39 is 0 Å². The summed E-state index contributed by atoms with van der Waals surface area (Å²) in [5.41, 5.74) is 5.79. The monoisotopic (exact) mass is 298 g/mol. The van der Waals surface area contributed by atoms with Gasteiger partial charge < -0.3 is 16.2 Å². The summed E-state index contributed by atoms with van der Waals surface area (Å²) in [5, 5.41) is 13.2. The maximum absolute atomic E-state index is 9.85. The van der Waals surface area contributed by atoms with Crippen LogP contribution in [0, 0.1) is 0 Å². The van der Waals surface area contributed by atoms with E-state index in [1.165, 1.54) is 77.0 Å². The van der Waals surface area contributed by atoms with Crippen molar-refractivity contribution in [3.63, 3.8) is 0 Å². The fourth-order valence-corrected chi connectivity index (χ4v) is 3.31. The highest BCUT2D eigenvalue weighted by molar-refractivity contribution is 4.92. The summed E-state index contributed by atoms with van der Waals surface area (Å²) < 4.78 is 0. The van der Waals surface area contributed by atoms with Crippen LogP contribution in [0.15, 0.2) is 0 Å². The van der Waals surface area contributed by atoms with E-state index in [1.54, 1.807) is 0 Å². The molecule has 0 aromatic rings. The van der Waals surface area contributed by atoms with Crippen LogP contribution < -0.4 is 11.1 Å². The highest BCUT2D eigenvalue weighted by Crippen LogP contribution is 2.16. The van der Waals surface area contributed by atoms with Crippen LogP contribution in [0.4, 0.5) is 0 Å². The molecule has 0 aromatic heterocycles. The van der Waals surface area contributed by atoms with Crippen molar-refractivity contribution in [2.45, 2.75) is 109 Å². The van der Waals surface area contributed by atoms with Gasteiger partial charge in [-0.25, -0.2) is 0 Å². The van der Waals surface area contributed by atoms with Gasteiger partial charge in [-0.2, -0.15) is 0 Å². The predicted molar refractivity (Wildman–Crippen MR) is 91.5 cm³/mol. The minimum Gasteiger partial charge on any atom is -0.390 e. The third kappa shape index (κ3) is 8.80. The average Bonchev–Trinajstić information content (AvgIpc) is 2.80. The zero-order valence-corrected chi connectivity index (χ0v) is 14.2. The van der Waals surface area contributed by atoms with Crippen LogP contribution in [-0.2, 0) is 0 Å². The molecule has 1 saturated heterocycles. The van der Waals surface area contributed by atoms with Crippen molar-refractivity contribution in [3.05, 3.63) is 0 Å². The van der Waals surface area contributed by atoms with Gasteiger partial charge in [0.1, 0.15) is 0 Å². The smallest absolute Gasteiger partial charge is 0.0856 e. The van der Waals surface area contributed by atoms with Crippen LogP contribution in [0.5, 0.6) is 0 Å². The van der Waals surface area contributed by atoms with E-state index in [-0.39, 0.29) is 18.2 Å². The van der Waals surface area contributed by atoms with E-state index in [0.29, 0.717) is 0 Å². The topological polar surface area (TPSA) is 58.3 Å². The summed E-state index contributed by atoms with van der Waals surface area (Å²) >= 11 is 0. The van der Waals surface area contributed by atoms with Crippen LogP contribution >= 0.6 is 0 Å². The molecule has 1 aliphatic rings. The fraction of sp³-hybridized carbons (Fsp3) is 1.00. The molecule has 0 bridgehead atoms. The molecule has 0 radical (unpaired) electrons. The Morgan fingerprint density at radius 1 is 0.857 bits per heavy atom. The van der Waals surface area contributed by atoms with Gasteiger partial charge in [0, 0.05) is 18.6 Å². The van der Waals surface area contributed by atoms with Crippen molar-refractivity contribution in [3.8, 4) is 0 Å². The van der Waals surface area contributed by atoms with Crippen LogP contribution in [-0.4, -0.2) is 29.8 Å². The van der Waals surface area contributed by atoms with Gasteiger partial charge >= 0.3 is 0 Å². The van der Waals surface area contributed by atoms with Gasteiger partial charge in [0.25, 0.3) is 0 Å². The zero-order chi connectivity index (χ0) is 15.3. The molecule has 0 saturated carbocycles. The summed E-state index contributed by atoms with van der Waals surface area (Å²) in [6, 6.07) is 0.176. The Hall–Kier alpha value is -0.120. The Kier molecular flexibility index (Phi) is 11.2. The summed E-state index contributed by atoms with van der Waals surface area (Å²) in [6.07, 6.45) is 17.3. The second-order valence-corrected chi connectivity index (χ2v) is 6.85. The van der Waals surface area contributed by atoms with Crippen LogP contribution in [0.2, 0.25) is 0 Å². The van der Waals surface area contributed by atoms with Gasteiger partial charge in [-0.1, -0.05) is 84.0 Å². The Morgan fingerprint density at radius 2 is 1.33 bits per heavy atom. The minimum atomic E-state index is -0.335. The first kappa shape index (κ1) is 18.9. The maximum atomic E-state index is 9.85. The van der Waals surface area contributed by atoms with Crippen LogP contribution in [0.3, 0.4) is 0 Å². The molecule has 1 heterocycles. The molecule has 21 heavy (non-hydrogen) atoms. The van der Waals surface area contributed by atoms with E-state index in [1.807, 2.05) is 0 Å². The lowest BCUT2D eigenvalue weighted by molar-refractivity contribution is 0.139. The number of unbranched alkanes of at least 4 members (excludes halogenated alkanes) is 11. The lowest BCUT2D eigenvalue weighted by atomic mass is 10.0. The van der Waals surface area contributed by atoms with Crippen molar-refractivity contribution in [2.75, 3.05) is 6.54 Å². The summed E-state index contributed by atoms with van der Waals surface area (Å²) in [5.74, 6) is 0. The van der Waals surface area contributed by atoms with E-state index in [0.717, 1.165) is 13.0 Å². The fourth-order valence-electron chi connectivity index (χ4n) is 3.31. The summed E-state index contributed by atoms with van der Waals surface area (Å²) in [4.78, 5) is 0. The van der Waals surface area contributed by atoms with Crippen LogP contribution in [0.25, 0.3) is 0 Å². The lowest BCUT2D eigenvalue weighted by Crippen LogP contribution is -2.37. The number of nitrogens with one attached hydrogen (secondary N) is 1. The molecule has 0 unspecified atom stereocenters. The van der Waals surface area contributed by atoms with E-state index >= 15 is 0 Å². The Bertz CT molecular complexity index is 235. The molecule has 1 fully saturated rings. The van der Waals surface area contributed by atoms with Gasteiger partial charge in [0.15, 0.2) is 0 Å². The first-order valence-electron chi connectivity index (χ1n) is 9.42. The van der Waals surface area contributed by atoms with Gasteiger partial charge in [0.2, 0.25) is 0 Å². The minimum absolute atomic E-state index is 0.0627. The SMILES string of the molecule is CCCCCCCCCCCCCC[C@@H]1NC[C@@H](N)[C@@H]1O. The van der Waals surface area contributed by atoms with Crippen molar-refractivity contribution in [1.29, 1.82) is 0 Å². The number of nitrogens with two attached hydrogens (primary N) is 1. The summed E-state index contributed by atoms with van der Waals surface area (Å²) in [6.45, 7) is 3.04. The van der Waals surface area contributed by atoms with Crippen molar-refractivity contribution < 1.29 is 5.11 Å². The molecule has 3 nitrogen and oxygen atoms in total. The van der Waals surface area contributed by atoms with Gasteiger partial charge in [0.05, 0.1) is 6.10 Å². The molecule has 0 aliphatic carbocycles. The molecule has 0 aromatic carbocycles. The Morgan fingerprint density at radius 3 is 1.76 bits per heavy atom. The Balaban J connectivity index is 1.77. The lowest BCUT2D eigenvalue weighted by Gasteiger charge is -2.16. The molecule has 1 aliphatic heterocycles. The highest BCUT2D eigenvalue weighted by Gasteiger charge is 2.30. The molecular weight excluding hydrogens is 260 g/mol. The predicted octanol–water partition coefficient (Wildman–Crippen LogP) is 3.74. The standard InChI is InChI=1S/C18H38N2O/c1-2-3-4-5-6-7-8-9-10-11-12-13-14-17-18(21)16(19)15-20-17/h16-18,20-21H,2-15,19H2,1H3/t16-,17+,18+/m1/s1. The number of rotatable bonds is 13. The number of aliphatic hydroxyl groups excluding tert-OH is 1. The second-order valence-electron chi connectivity index (χ2n) is 6.85. The molecule has 1 rings (SSSR count). The molecule has 0 spiro atoms. The van der Waals surface area contributed by atoms with Gasteiger partial charge in [-0.05, 0) is 6.42 Å². The first-order chi connectivity index (χ1) is 10.3. The third-order valence-corrected chi connectivity index (χ3v) is 4.84. The quantitative estimate of drug-likeness (QED) is 0.454. The second kappa shape index (κ2) is 12.4. The van der Waals surface area contributed by atoms with Gasteiger partial charge in [-0.3, -0.25) is 0 Å². The average molecular weight is 299 g/mol. The molecule has 4 N–H and O–H groups in total. The number of hydrogen-bond acceptors (Lipinski definition) is 3. The number of aliphatic hydroxyl groups is 1. The third-order valence-electron chi connectivity index (χ3n) is 4.84. The van der Waals surface area contributed by atoms with E-state index in [2.05, 4.69) is 12.2 Å². The number of hydrogen-bond donors (Lipinski definition) is 3. The van der Waals surface area contributed by atoms with E-state index in [4.69, 9.17) is 5.73 Å². The van der Waals surface area contributed by atoms with Crippen molar-refractivity contribution in [1.82, 2.24) is 5.32 Å². The van der Waals surface area contributed by atoms with Crippen LogP contribution in [0.1, 0.15) is 90.4 Å². The largest absolute Gasteiger partial charge is 0.390 e. The summed E-state index contributed by atoms with van der Waals surface area (Å²) in [7, 11) is 0. The molecule has 3 atom stereocenters. The molecular formula is C18H38N2O. The molecule has 126 valence electrons. The maximum Gasteiger partial charge on any atom is 0.0856 e. The van der Waals surface area contributed by atoms with Gasteiger partial charge in [-0.15, -0.1) is 0 Å². The molecule has 3 heteroatoms. The molecule has 0 amide bonds. The normalized spacial score (nSPS) is 25.6. The highest BCUT2D eigenvalue weighted by atomic mass is 16.3. The first-order valence-corrected chi connectivity index (χ1v) is 9.42. The van der Waals surface area contributed by atoms with Crippen molar-refractivity contribution >= 4 is 0 Å². The van der Waals surface area contributed by atoms with E-state index in [9.17, 15) is 5.11 Å². The Labute approximate surface area is 132 Å².